The minimum Gasteiger partial charge on any atom is -0.492 e. The number of rotatable bonds is 6. The number of nitrogens with one attached hydrogen (secondary N) is 1. The van der Waals surface area contributed by atoms with Crippen LogP contribution in [0.15, 0.2) is 24.3 Å². The van der Waals surface area contributed by atoms with Gasteiger partial charge in [0.05, 0.1) is 5.56 Å². The summed E-state index contributed by atoms with van der Waals surface area (Å²) < 4.78 is 5.54. The molecule has 8 nitrogen and oxygen atoms in total. The average Bonchev–Trinajstić information content (AvgIpc) is 2.88. The third-order valence-electron chi connectivity index (χ3n) is 2.59. The quantitative estimate of drug-likeness (QED) is 0.619. The second-order valence-corrected chi connectivity index (χ2v) is 5.18. The highest BCUT2D eigenvalue weighted by Crippen LogP contribution is 2.36. The van der Waals surface area contributed by atoms with Crippen LogP contribution in [0.1, 0.15) is 10.5 Å². The van der Waals surface area contributed by atoms with E-state index in [0.29, 0.717) is 29.5 Å². The molecule has 1 heterocycles. The standard InChI is InChI=1S/C13H15N5O3S/c14-5-6-21-8-4-2-1-3-7(8)11-17-9(10(15)19)12(22-11)18-13(16)20/h1-4H,5-6,14H2,(H2,15,19)(H3,16,18,20). The molecule has 0 aliphatic heterocycles. The number of thiazole rings is 1. The van der Waals surface area contributed by atoms with Gasteiger partial charge >= 0.3 is 6.03 Å². The van der Waals surface area contributed by atoms with E-state index in [1.165, 1.54) is 0 Å². The summed E-state index contributed by atoms with van der Waals surface area (Å²) in [6.07, 6.45) is 0. The highest BCUT2D eigenvalue weighted by atomic mass is 32.1. The summed E-state index contributed by atoms with van der Waals surface area (Å²) in [7, 11) is 0. The Hall–Kier alpha value is -2.65. The van der Waals surface area contributed by atoms with Gasteiger partial charge in [-0.3, -0.25) is 10.1 Å². The number of anilines is 1. The zero-order valence-corrected chi connectivity index (χ0v) is 12.4. The van der Waals surface area contributed by atoms with Gasteiger partial charge in [0.25, 0.3) is 5.91 Å². The number of nitrogens with two attached hydrogens (primary N) is 3. The Morgan fingerprint density at radius 1 is 1.27 bits per heavy atom. The van der Waals surface area contributed by atoms with E-state index in [1.807, 2.05) is 0 Å². The third-order valence-corrected chi connectivity index (χ3v) is 3.59. The summed E-state index contributed by atoms with van der Waals surface area (Å²) in [5.74, 6) is -0.185. The summed E-state index contributed by atoms with van der Waals surface area (Å²) in [5.41, 5.74) is 16.4. The van der Waals surface area contributed by atoms with Crippen molar-refractivity contribution in [3.8, 4) is 16.3 Å². The van der Waals surface area contributed by atoms with Crippen molar-refractivity contribution >= 4 is 28.3 Å². The molecule has 2 rings (SSSR count). The van der Waals surface area contributed by atoms with E-state index in [-0.39, 0.29) is 10.7 Å². The molecular weight excluding hydrogens is 306 g/mol. The molecule has 1 aromatic carbocycles. The molecule has 0 saturated carbocycles. The van der Waals surface area contributed by atoms with Crippen LogP contribution in [0, 0.1) is 0 Å². The topological polar surface area (TPSA) is 146 Å². The summed E-state index contributed by atoms with van der Waals surface area (Å²) >= 11 is 1.08. The molecule has 0 radical (unpaired) electrons. The number of primary amides is 2. The lowest BCUT2D eigenvalue weighted by Gasteiger charge is -2.08. The molecule has 0 atom stereocenters. The van der Waals surface area contributed by atoms with Crippen molar-refractivity contribution in [2.24, 2.45) is 17.2 Å². The molecule has 0 aliphatic carbocycles. The molecule has 116 valence electrons. The van der Waals surface area contributed by atoms with Crippen LogP contribution in [-0.2, 0) is 0 Å². The van der Waals surface area contributed by atoms with Crippen LogP contribution in [0.5, 0.6) is 5.75 Å². The Bertz CT molecular complexity index is 701. The van der Waals surface area contributed by atoms with Crippen LogP contribution >= 0.6 is 11.3 Å². The van der Waals surface area contributed by atoms with E-state index in [2.05, 4.69) is 10.3 Å². The van der Waals surface area contributed by atoms with Crippen LogP contribution in [0.3, 0.4) is 0 Å². The molecule has 0 unspecified atom stereocenters. The normalized spacial score (nSPS) is 10.2. The van der Waals surface area contributed by atoms with Crippen LogP contribution in [0.4, 0.5) is 9.80 Å². The van der Waals surface area contributed by atoms with Gasteiger partial charge in [0.2, 0.25) is 0 Å². The van der Waals surface area contributed by atoms with E-state index in [1.54, 1.807) is 24.3 Å². The van der Waals surface area contributed by atoms with E-state index in [9.17, 15) is 9.59 Å². The number of hydrogen-bond donors (Lipinski definition) is 4. The number of para-hydroxylation sites is 1. The molecular formula is C13H15N5O3S. The van der Waals surface area contributed by atoms with Crippen LogP contribution in [0.2, 0.25) is 0 Å². The number of urea groups is 1. The van der Waals surface area contributed by atoms with E-state index in [0.717, 1.165) is 11.3 Å². The van der Waals surface area contributed by atoms with E-state index < -0.39 is 11.9 Å². The van der Waals surface area contributed by atoms with Crippen LogP contribution in [-0.4, -0.2) is 30.1 Å². The predicted octanol–water partition coefficient (Wildman–Crippen LogP) is 0.737. The molecule has 9 heteroatoms. The summed E-state index contributed by atoms with van der Waals surface area (Å²) in [6, 6.07) is 6.35. The Labute approximate surface area is 130 Å². The molecule has 0 aliphatic rings. The molecule has 22 heavy (non-hydrogen) atoms. The van der Waals surface area contributed by atoms with Gasteiger partial charge in [0.1, 0.15) is 22.4 Å². The number of hydrogen-bond acceptors (Lipinski definition) is 6. The molecule has 1 aromatic heterocycles. The van der Waals surface area contributed by atoms with Gasteiger partial charge in [0, 0.05) is 6.54 Å². The molecule has 0 bridgehead atoms. The predicted molar refractivity (Wildman–Crippen MR) is 83.8 cm³/mol. The second-order valence-electron chi connectivity index (χ2n) is 4.18. The number of carbonyl (C=O) groups excluding carboxylic acids is 2. The molecule has 7 N–H and O–H groups in total. The number of amides is 3. The van der Waals surface area contributed by atoms with Crippen molar-refractivity contribution in [1.29, 1.82) is 0 Å². The van der Waals surface area contributed by atoms with E-state index >= 15 is 0 Å². The molecule has 3 amide bonds. The Kier molecular flexibility index (Phi) is 4.92. The van der Waals surface area contributed by atoms with Crippen molar-refractivity contribution in [2.45, 2.75) is 0 Å². The number of aromatic nitrogens is 1. The van der Waals surface area contributed by atoms with Gasteiger partial charge in [-0.1, -0.05) is 23.5 Å². The minimum atomic E-state index is -0.801. The maximum absolute atomic E-state index is 11.4. The average molecular weight is 321 g/mol. The number of nitrogens with zero attached hydrogens (tertiary/aromatic N) is 1. The molecule has 0 saturated heterocycles. The van der Waals surface area contributed by atoms with Gasteiger partial charge in [-0.05, 0) is 12.1 Å². The smallest absolute Gasteiger partial charge is 0.317 e. The minimum absolute atomic E-state index is 0.0487. The van der Waals surface area contributed by atoms with Gasteiger partial charge in [-0.15, -0.1) is 0 Å². The Balaban J connectivity index is 2.44. The summed E-state index contributed by atoms with van der Waals surface area (Å²) in [5, 5.41) is 3.02. The van der Waals surface area contributed by atoms with Crippen LogP contribution < -0.4 is 27.3 Å². The SMILES string of the molecule is NCCOc1ccccc1-c1nc(C(N)=O)c(NC(N)=O)s1. The lowest BCUT2D eigenvalue weighted by atomic mass is 10.2. The first kappa shape index (κ1) is 15.7. The van der Waals surface area contributed by atoms with Crippen LogP contribution in [0.25, 0.3) is 10.6 Å². The first-order valence-corrected chi connectivity index (χ1v) is 7.14. The molecule has 0 fully saturated rings. The number of benzene rings is 1. The van der Waals surface area contributed by atoms with Crippen molar-refractivity contribution in [3.05, 3.63) is 30.0 Å². The van der Waals surface area contributed by atoms with Gasteiger partial charge in [0.15, 0.2) is 5.69 Å². The summed E-state index contributed by atoms with van der Waals surface area (Å²) in [6.45, 7) is 0.713. The lowest BCUT2D eigenvalue weighted by Crippen LogP contribution is -2.21. The molecule has 0 spiro atoms. The van der Waals surface area contributed by atoms with Crippen molar-refractivity contribution in [2.75, 3.05) is 18.5 Å². The number of carbonyl (C=O) groups is 2. The third kappa shape index (κ3) is 3.51. The first-order valence-electron chi connectivity index (χ1n) is 6.32. The van der Waals surface area contributed by atoms with E-state index in [4.69, 9.17) is 21.9 Å². The Morgan fingerprint density at radius 3 is 2.64 bits per heavy atom. The van der Waals surface area contributed by atoms with Gasteiger partial charge < -0.3 is 21.9 Å². The first-order chi connectivity index (χ1) is 10.5. The zero-order chi connectivity index (χ0) is 16.1. The molecule has 2 aromatic rings. The summed E-state index contributed by atoms with van der Waals surface area (Å²) in [4.78, 5) is 26.6. The lowest BCUT2D eigenvalue weighted by molar-refractivity contribution is 0.0997. The van der Waals surface area contributed by atoms with Crippen molar-refractivity contribution in [3.63, 3.8) is 0 Å². The second kappa shape index (κ2) is 6.87. The number of ether oxygens (including phenoxy) is 1. The fraction of sp³-hybridized carbons (Fsp3) is 0.154. The highest BCUT2D eigenvalue weighted by Gasteiger charge is 2.19. The maximum atomic E-state index is 11.4. The monoisotopic (exact) mass is 321 g/mol. The maximum Gasteiger partial charge on any atom is 0.317 e. The largest absolute Gasteiger partial charge is 0.492 e. The fourth-order valence-corrected chi connectivity index (χ4v) is 2.74. The van der Waals surface area contributed by atoms with Crippen molar-refractivity contribution < 1.29 is 14.3 Å². The fourth-order valence-electron chi connectivity index (χ4n) is 1.74. The van der Waals surface area contributed by atoms with Gasteiger partial charge in [-0.25, -0.2) is 9.78 Å². The van der Waals surface area contributed by atoms with Crippen molar-refractivity contribution in [1.82, 2.24) is 4.98 Å². The van der Waals surface area contributed by atoms with Gasteiger partial charge in [-0.2, -0.15) is 0 Å². The Morgan fingerprint density at radius 2 is 2.00 bits per heavy atom. The highest BCUT2D eigenvalue weighted by molar-refractivity contribution is 7.19. The zero-order valence-electron chi connectivity index (χ0n) is 11.5.